The first-order valence-corrected chi connectivity index (χ1v) is 11.7. The highest BCUT2D eigenvalue weighted by Gasteiger charge is 2.39. The Morgan fingerprint density at radius 3 is 2.27 bits per heavy atom. The zero-order chi connectivity index (χ0) is 22.6. The number of nitrogens with zero attached hydrogens (tertiary/aromatic N) is 3. The van der Waals surface area contributed by atoms with Gasteiger partial charge in [0, 0.05) is 18.5 Å². The summed E-state index contributed by atoms with van der Waals surface area (Å²) in [4.78, 5) is 29.5. The van der Waals surface area contributed by atoms with E-state index in [1.807, 2.05) is 83.9 Å². The fourth-order valence-corrected chi connectivity index (χ4v) is 4.99. The van der Waals surface area contributed by atoms with Crippen LogP contribution in [-0.2, 0) is 9.59 Å². The first-order valence-electron chi connectivity index (χ1n) is 10.8. The van der Waals surface area contributed by atoms with E-state index in [1.54, 1.807) is 0 Å². The fourth-order valence-electron chi connectivity index (χ4n) is 3.93. The van der Waals surface area contributed by atoms with Crippen molar-refractivity contribution in [1.82, 2.24) is 5.01 Å². The Hall–Kier alpha value is -3.71. The number of hydrogen-bond acceptors (Lipinski definition) is 5. The molecule has 0 aliphatic carbocycles. The number of aliphatic imine (C=N–C) groups is 1. The standard InChI is InChI=1S/C26H22N4O2S/c31-24(27-20-14-8-3-9-15-20)17-23-25(32)28-26(33-23)30-22(19-12-6-2-7-13-19)16-21(29-30)18-10-4-1-5-11-18/h1-15,22-23H,16-17H2,(H,27,31). The molecule has 2 amide bonds. The van der Waals surface area contributed by atoms with Gasteiger partial charge in [-0.1, -0.05) is 90.6 Å². The normalized spacial score (nSPS) is 19.9. The quantitative estimate of drug-likeness (QED) is 0.597. The molecule has 1 N–H and O–H groups in total. The van der Waals surface area contributed by atoms with Crippen molar-refractivity contribution in [3.8, 4) is 0 Å². The summed E-state index contributed by atoms with van der Waals surface area (Å²) < 4.78 is 0. The van der Waals surface area contributed by atoms with E-state index < -0.39 is 5.25 Å². The smallest absolute Gasteiger partial charge is 0.262 e. The SMILES string of the molecule is O=C(CC1SC(N2N=C(c3ccccc3)CC2c2ccccc2)=NC1=O)Nc1ccccc1. The Kier molecular flexibility index (Phi) is 6.04. The summed E-state index contributed by atoms with van der Waals surface area (Å²) in [6, 6.07) is 29.3. The van der Waals surface area contributed by atoms with Crippen molar-refractivity contribution in [2.75, 3.05) is 5.32 Å². The Morgan fingerprint density at radius 2 is 1.58 bits per heavy atom. The van der Waals surface area contributed by atoms with Crippen molar-refractivity contribution >= 4 is 40.1 Å². The first kappa shape index (κ1) is 21.2. The van der Waals surface area contributed by atoms with Gasteiger partial charge in [0.25, 0.3) is 5.91 Å². The number of anilines is 1. The Labute approximate surface area is 196 Å². The van der Waals surface area contributed by atoms with Crippen LogP contribution in [0.5, 0.6) is 0 Å². The molecule has 0 aromatic heterocycles. The number of amidine groups is 1. The molecule has 2 atom stereocenters. The molecule has 2 unspecified atom stereocenters. The molecule has 0 radical (unpaired) electrons. The van der Waals surface area contributed by atoms with Crippen LogP contribution < -0.4 is 5.32 Å². The molecule has 2 aliphatic heterocycles. The predicted molar refractivity (Wildman–Crippen MR) is 132 cm³/mol. The molecule has 0 saturated carbocycles. The highest BCUT2D eigenvalue weighted by molar-refractivity contribution is 8.15. The van der Waals surface area contributed by atoms with Crippen LogP contribution in [0.3, 0.4) is 0 Å². The van der Waals surface area contributed by atoms with Gasteiger partial charge in [0.2, 0.25) is 5.91 Å². The number of para-hydroxylation sites is 1. The third-order valence-electron chi connectivity index (χ3n) is 5.55. The molecule has 33 heavy (non-hydrogen) atoms. The second-order valence-corrected chi connectivity index (χ2v) is 9.02. The summed E-state index contributed by atoms with van der Waals surface area (Å²) >= 11 is 1.31. The minimum absolute atomic E-state index is 0.0580. The second-order valence-electron chi connectivity index (χ2n) is 7.85. The zero-order valence-corrected chi connectivity index (χ0v) is 18.6. The van der Waals surface area contributed by atoms with Crippen molar-refractivity contribution in [1.29, 1.82) is 0 Å². The molecule has 0 saturated heterocycles. The molecule has 164 valence electrons. The average Bonchev–Trinajstić information content (AvgIpc) is 3.45. The van der Waals surface area contributed by atoms with Gasteiger partial charge in [-0.25, -0.2) is 5.01 Å². The van der Waals surface area contributed by atoms with E-state index >= 15 is 0 Å². The molecule has 0 fully saturated rings. The van der Waals surface area contributed by atoms with Crippen molar-refractivity contribution < 1.29 is 9.59 Å². The van der Waals surface area contributed by atoms with Crippen molar-refractivity contribution in [3.63, 3.8) is 0 Å². The van der Waals surface area contributed by atoms with Crippen LogP contribution in [0.2, 0.25) is 0 Å². The van der Waals surface area contributed by atoms with Crippen molar-refractivity contribution in [2.24, 2.45) is 10.1 Å². The summed E-state index contributed by atoms with van der Waals surface area (Å²) in [5.74, 6) is -0.508. The second kappa shape index (κ2) is 9.42. The number of rotatable bonds is 5. The molecular weight excluding hydrogens is 432 g/mol. The molecule has 3 aromatic carbocycles. The van der Waals surface area contributed by atoms with Gasteiger partial charge in [-0.05, 0) is 23.3 Å². The fraction of sp³-hybridized carbons (Fsp3) is 0.154. The van der Waals surface area contributed by atoms with Crippen LogP contribution in [0, 0.1) is 0 Å². The third kappa shape index (κ3) is 4.73. The molecule has 2 heterocycles. The van der Waals surface area contributed by atoms with Crippen LogP contribution in [0.4, 0.5) is 5.69 Å². The topological polar surface area (TPSA) is 74.1 Å². The van der Waals surface area contributed by atoms with Gasteiger partial charge >= 0.3 is 0 Å². The van der Waals surface area contributed by atoms with E-state index in [0.29, 0.717) is 17.3 Å². The maximum atomic E-state index is 12.7. The molecule has 5 rings (SSSR count). The summed E-state index contributed by atoms with van der Waals surface area (Å²) in [5.41, 5.74) is 3.81. The van der Waals surface area contributed by atoms with Gasteiger partial charge in [-0.3, -0.25) is 9.59 Å². The van der Waals surface area contributed by atoms with E-state index in [9.17, 15) is 9.59 Å². The summed E-state index contributed by atoms with van der Waals surface area (Å²) in [5, 5.41) is 9.52. The lowest BCUT2D eigenvalue weighted by Gasteiger charge is -2.23. The van der Waals surface area contributed by atoms with E-state index in [4.69, 9.17) is 5.10 Å². The molecular formula is C26H22N4O2S. The lowest BCUT2D eigenvalue weighted by atomic mass is 9.99. The maximum absolute atomic E-state index is 12.7. The highest BCUT2D eigenvalue weighted by Crippen LogP contribution is 2.38. The molecule has 7 heteroatoms. The Bertz CT molecular complexity index is 1210. The summed E-state index contributed by atoms with van der Waals surface area (Å²) in [6.45, 7) is 0. The predicted octanol–water partition coefficient (Wildman–Crippen LogP) is 4.86. The van der Waals surface area contributed by atoms with Gasteiger partial charge in [0.05, 0.1) is 11.8 Å². The van der Waals surface area contributed by atoms with Gasteiger partial charge in [-0.15, -0.1) is 0 Å². The van der Waals surface area contributed by atoms with Crippen molar-refractivity contribution in [3.05, 3.63) is 102 Å². The number of thioether (sulfide) groups is 1. The molecule has 2 aliphatic rings. The lowest BCUT2D eigenvalue weighted by molar-refractivity contribution is -0.121. The minimum Gasteiger partial charge on any atom is -0.326 e. The largest absolute Gasteiger partial charge is 0.326 e. The van der Waals surface area contributed by atoms with Crippen LogP contribution in [0.25, 0.3) is 0 Å². The number of amides is 2. The van der Waals surface area contributed by atoms with Gasteiger partial charge < -0.3 is 5.32 Å². The van der Waals surface area contributed by atoms with Gasteiger partial charge in [0.15, 0.2) is 5.17 Å². The van der Waals surface area contributed by atoms with E-state index in [0.717, 1.165) is 16.8 Å². The number of nitrogens with one attached hydrogen (secondary N) is 1. The average molecular weight is 455 g/mol. The lowest BCUT2D eigenvalue weighted by Crippen LogP contribution is -2.25. The monoisotopic (exact) mass is 454 g/mol. The summed E-state index contributed by atoms with van der Waals surface area (Å²) in [6.07, 6.45) is 0.769. The number of carbonyl (C=O) groups is 2. The highest BCUT2D eigenvalue weighted by atomic mass is 32.2. The number of hydrazone groups is 1. The zero-order valence-electron chi connectivity index (χ0n) is 17.8. The van der Waals surface area contributed by atoms with Crippen LogP contribution in [0.1, 0.15) is 30.0 Å². The Morgan fingerprint density at radius 1 is 0.939 bits per heavy atom. The molecule has 6 nitrogen and oxygen atoms in total. The van der Waals surface area contributed by atoms with E-state index in [-0.39, 0.29) is 24.3 Å². The minimum atomic E-state index is -0.559. The maximum Gasteiger partial charge on any atom is 0.262 e. The molecule has 0 spiro atoms. The van der Waals surface area contributed by atoms with Crippen LogP contribution in [0.15, 0.2) is 101 Å². The number of carbonyl (C=O) groups excluding carboxylic acids is 2. The van der Waals surface area contributed by atoms with E-state index in [1.165, 1.54) is 11.8 Å². The number of benzene rings is 3. The molecule has 3 aromatic rings. The molecule has 0 bridgehead atoms. The first-order chi connectivity index (χ1) is 16.2. The van der Waals surface area contributed by atoms with Gasteiger partial charge in [0.1, 0.15) is 5.25 Å². The third-order valence-corrected chi connectivity index (χ3v) is 6.70. The summed E-state index contributed by atoms with van der Waals surface area (Å²) in [7, 11) is 0. The van der Waals surface area contributed by atoms with E-state index in [2.05, 4.69) is 22.4 Å². The van der Waals surface area contributed by atoms with Crippen LogP contribution in [-0.4, -0.2) is 33.0 Å². The van der Waals surface area contributed by atoms with Gasteiger partial charge in [-0.2, -0.15) is 10.1 Å². The Balaban J connectivity index is 1.34. The number of hydrogen-bond donors (Lipinski definition) is 1. The van der Waals surface area contributed by atoms with Crippen LogP contribution >= 0.6 is 11.8 Å². The van der Waals surface area contributed by atoms with Crippen molar-refractivity contribution in [2.45, 2.75) is 24.1 Å².